The Morgan fingerprint density at radius 3 is 2.50 bits per heavy atom. The van der Waals surface area contributed by atoms with Crippen molar-refractivity contribution in [1.29, 1.82) is 0 Å². The van der Waals surface area contributed by atoms with E-state index < -0.39 is 5.60 Å². The van der Waals surface area contributed by atoms with Gasteiger partial charge in [0.2, 0.25) is 0 Å². The summed E-state index contributed by atoms with van der Waals surface area (Å²) in [6.45, 7) is 7.20. The second kappa shape index (κ2) is 6.21. The van der Waals surface area contributed by atoms with E-state index in [4.69, 9.17) is 4.74 Å². The molecule has 102 valence electrons. The van der Waals surface area contributed by atoms with Crippen molar-refractivity contribution in [2.45, 2.75) is 39.3 Å². The molecule has 1 N–H and O–H groups in total. The van der Waals surface area contributed by atoms with Gasteiger partial charge in [-0.2, -0.15) is 0 Å². The Morgan fingerprint density at radius 2 is 2.00 bits per heavy atom. The summed E-state index contributed by atoms with van der Waals surface area (Å²) in [5.41, 5.74) is 1.80. The topological polar surface area (TPSA) is 32.7 Å². The van der Waals surface area contributed by atoms with Crippen LogP contribution >= 0.6 is 0 Å². The fourth-order valence-electron chi connectivity index (χ4n) is 2.18. The molecule has 3 heteroatoms. The molecule has 3 nitrogen and oxygen atoms in total. The number of rotatable bonds is 6. The quantitative estimate of drug-likeness (QED) is 0.843. The molecule has 0 aliphatic carbocycles. The molecule has 0 atom stereocenters. The monoisotopic (exact) mass is 251 g/mol. The number of methoxy groups -OCH3 is 1. The Balaban J connectivity index is 2.81. The molecule has 0 fully saturated rings. The van der Waals surface area contributed by atoms with Crippen LogP contribution in [0.2, 0.25) is 0 Å². The number of ether oxygens (including phenoxy) is 1. The largest absolute Gasteiger partial charge is 0.496 e. The number of aryl methyl sites for hydroxylation is 1. The lowest BCUT2D eigenvalue weighted by Crippen LogP contribution is -2.35. The third kappa shape index (κ3) is 4.67. The normalized spacial score (nSPS) is 11.9. The van der Waals surface area contributed by atoms with Crippen molar-refractivity contribution in [1.82, 2.24) is 4.90 Å². The van der Waals surface area contributed by atoms with Gasteiger partial charge < -0.3 is 9.84 Å². The number of nitrogens with zero attached hydrogens (tertiary/aromatic N) is 1. The van der Waals surface area contributed by atoms with E-state index >= 15 is 0 Å². The molecule has 1 aromatic rings. The van der Waals surface area contributed by atoms with Crippen molar-refractivity contribution in [3.05, 3.63) is 29.3 Å². The molecule has 0 saturated carbocycles. The molecule has 0 saturated heterocycles. The predicted molar refractivity (Wildman–Crippen MR) is 75.0 cm³/mol. The highest BCUT2D eigenvalue weighted by Crippen LogP contribution is 2.22. The molecule has 0 bridgehead atoms. The fourth-order valence-corrected chi connectivity index (χ4v) is 2.18. The van der Waals surface area contributed by atoms with Gasteiger partial charge in [-0.3, -0.25) is 4.90 Å². The maximum atomic E-state index is 9.82. The summed E-state index contributed by atoms with van der Waals surface area (Å²) in [4.78, 5) is 2.11. The van der Waals surface area contributed by atoms with Gasteiger partial charge in [-0.15, -0.1) is 0 Å². The van der Waals surface area contributed by atoms with E-state index in [1.807, 2.05) is 27.0 Å². The first-order valence-electron chi connectivity index (χ1n) is 6.42. The van der Waals surface area contributed by atoms with E-state index in [1.165, 1.54) is 11.1 Å². The van der Waals surface area contributed by atoms with Gasteiger partial charge in [-0.05, 0) is 38.9 Å². The van der Waals surface area contributed by atoms with Crippen LogP contribution in [0, 0.1) is 0 Å². The molecule has 0 aromatic heterocycles. The van der Waals surface area contributed by atoms with Gasteiger partial charge in [-0.1, -0.05) is 19.1 Å². The summed E-state index contributed by atoms with van der Waals surface area (Å²) in [7, 11) is 3.70. The van der Waals surface area contributed by atoms with E-state index in [0.29, 0.717) is 6.54 Å². The number of benzene rings is 1. The van der Waals surface area contributed by atoms with Crippen molar-refractivity contribution >= 4 is 0 Å². The summed E-state index contributed by atoms with van der Waals surface area (Å²) in [5.74, 6) is 0.912. The molecule has 0 heterocycles. The zero-order chi connectivity index (χ0) is 13.8. The number of hydrogen-bond donors (Lipinski definition) is 1. The van der Waals surface area contributed by atoms with Crippen LogP contribution in [-0.2, 0) is 13.0 Å². The van der Waals surface area contributed by atoms with Crippen LogP contribution in [-0.4, -0.2) is 36.3 Å². The Labute approximate surface area is 110 Å². The van der Waals surface area contributed by atoms with Gasteiger partial charge in [0.05, 0.1) is 12.7 Å². The predicted octanol–water partition coefficient (Wildman–Crippen LogP) is 2.46. The van der Waals surface area contributed by atoms with Crippen LogP contribution < -0.4 is 4.74 Å². The van der Waals surface area contributed by atoms with E-state index in [-0.39, 0.29) is 0 Å². The minimum absolute atomic E-state index is 0.631. The highest BCUT2D eigenvalue weighted by atomic mass is 16.5. The second-order valence-corrected chi connectivity index (χ2v) is 5.48. The lowest BCUT2D eigenvalue weighted by molar-refractivity contribution is 0.0423. The number of aliphatic hydroxyl groups is 1. The lowest BCUT2D eigenvalue weighted by Gasteiger charge is -2.26. The molecular formula is C15H25NO2. The first-order chi connectivity index (χ1) is 8.35. The summed E-state index contributed by atoms with van der Waals surface area (Å²) in [6, 6.07) is 6.30. The van der Waals surface area contributed by atoms with Gasteiger partial charge in [0, 0.05) is 18.7 Å². The maximum absolute atomic E-state index is 9.82. The number of hydrogen-bond acceptors (Lipinski definition) is 3. The molecule has 1 aromatic carbocycles. The molecule has 0 aliphatic heterocycles. The van der Waals surface area contributed by atoms with Crippen LogP contribution in [0.25, 0.3) is 0 Å². The molecule has 0 radical (unpaired) electrons. The van der Waals surface area contributed by atoms with E-state index in [9.17, 15) is 5.11 Å². The Hall–Kier alpha value is -1.06. The smallest absolute Gasteiger partial charge is 0.123 e. The highest BCUT2D eigenvalue weighted by Gasteiger charge is 2.16. The van der Waals surface area contributed by atoms with Gasteiger partial charge in [0.25, 0.3) is 0 Å². The van der Waals surface area contributed by atoms with E-state index in [2.05, 4.69) is 24.0 Å². The first-order valence-corrected chi connectivity index (χ1v) is 6.42. The molecule has 18 heavy (non-hydrogen) atoms. The standard InChI is InChI=1S/C15H25NO2/c1-6-12-7-8-14(18-5)13(9-12)10-16(4)11-15(2,3)17/h7-9,17H,6,10-11H2,1-5H3. The van der Waals surface area contributed by atoms with Crippen LogP contribution in [0.3, 0.4) is 0 Å². The molecule has 0 unspecified atom stereocenters. The van der Waals surface area contributed by atoms with Gasteiger partial charge in [0.15, 0.2) is 0 Å². The highest BCUT2D eigenvalue weighted by molar-refractivity contribution is 5.37. The van der Waals surface area contributed by atoms with Crippen molar-refractivity contribution < 1.29 is 9.84 Å². The Morgan fingerprint density at radius 1 is 1.33 bits per heavy atom. The van der Waals surface area contributed by atoms with Crippen molar-refractivity contribution in [3.8, 4) is 5.75 Å². The summed E-state index contributed by atoms with van der Waals surface area (Å²) >= 11 is 0. The van der Waals surface area contributed by atoms with Gasteiger partial charge in [0.1, 0.15) is 5.75 Å². The van der Waals surface area contributed by atoms with Crippen molar-refractivity contribution in [2.24, 2.45) is 0 Å². The molecule has 0 aliphatic rings. The zero-order valence-electron chi connectivity index (χ0n) is 12.2. The van der Waals surface area contributed by atoms with Crippen LogP contribution in [0.5, 0.6) is 5.75 Å². The third-order valence-electron chi connectivity index (χ3n) is 2.85. The summed E-state index contributed by atoms with van der Waals surface area (Å²) < 4.78 is 5.39. The molecule has 1 rings (SSSR count). The second-order valence-electron chi connectivity index (χ2n) is 5.48. The Kier molecular flexibility index (Phi) is 5.17. The minimum atomic E-state index is -0.676. The summed E-state index contributed by atoms with van der Waals surface area (Å²) in [6.07, 6.45) is 1.02. The third-order valence-corrected chi connectivity index (χ3v) is 2.85. The molecule has 0 amide bonds. The van der Waals surface area contributed by atoms with Crippen molar-refractivity contribution in [2.75, 3.05) is 20.7 Å². The van der Waals surface area contributed by atoms with Crippen LogP contribution in [0.4, 0.5) is 0 Å². The zero-order valence-corrected chi connectivity index (χ0v) is 12.2. The fraction of sp³-hybridized carbons (Fsp3) is 0.600. The van der Waals surface area contributed by atoms with Crippen LogP contribution in [0.15, 0.2) is 18.2 Å². The van der Waals surface area contributed by atoms with Crippen LogP contribution in [0.1, 0.15) is 31.9 Å². The van der Waals surface area contributed by atoms with E-state index in [1.54, 1.807) is 7.11 Å². The lowest BCUT2D eigenvalue weighted by atomic mass is 10.1. The average Bonchev–Trinajstić information content (AvgIpc) is 2.26. The van der Waals surface area contributed by atoms with Gasteiger partial charge in [-0.25, -0.2) is 0 Å². The average molecular weight is 251 g/mol. The SMILES string of the molecule is CCc1ccc(OC)c(CN(C)CC(C)(C)O)c1. The Bertz CT molecular complexity index is 383. The minimum Gasteiger partial charge on any atom is -0.496 e. The molecule has 0 spiro atoms. The number of likely N-dealkylation sites (N-methyl/N-ethyl adjacent to an activating group) is 1. The van der Waals surface area contributed by atoms with Gasteiger partial charge >= 0.3 is 0 Å². The van der Waals surface area contributed by atoms with Crippen molar-refractivity contribution in [3.63, 3.8) is 0 Å². The molecular weight excluding hydrogens is 226 g/mol. The summed E-state index contributed by atoms with van der Waals surface area (Å²) in [5, 5.41) is 9.82. The maximum Gasteiger partial charge on any atom is 0.123 e. The first kappa shape index (κ1) is 15.0. The van der Waals surface area contributed by atoms with E-state index in [0.717, 1.165) is 18.7 Å².